The number of aromatic carboxylic acids is 1. The Kier molecular flexibility index (Phi) is 5.59. The summed E-state index contributed by atoms with van der Waals surface area (Å²) < 4.78 is 23.9. The zero-order valence-electron chi connectivity index (χ0n) is 10.8. The smallest absolute Gasteiger partial charge is 0.354 e. The molecular weight excluding hydrogens is 286 g/mol. The highest BCUT2D eigenvalue weighted by Gasteiger charge is 2.10. The number of aromatic nitrogens is 1. The van der Waals surface area contributed by atoms with Gasteiger partial charge in [-0.2, -0.15) is 0 Å². The third-order valence-corrected chi connectivity index (χ3v) is 2.97. The third-order valence-electron chi connectivity index (χ3n) is 2.24. The molecule has 1 rings (SSSR count). The maximum absolute atomic E-state index is 11.7. The Labute approximate surface area is 116 Å². The summed E-state index contributed by atoms with van der Waals surface area (Å²) in [4.78, 5) is 26.0. The molecule has 0 radical (unpaired) electrons. The fraction of sp³-hybridized carbons (Fsp3) is 0.364. The number of carboxylic acid groups (broad SMARTS) is 1. The van der Waals surface area contributed by atoms with Gasteiger partial charge in [-0.1, -0.05) is 0 Å². The second-order valence-electron chi connectivity index (χ2n) is 4.01. The molecule has 0 unspecified atom stereocenters. The molecule has 1 heterocycles. The Bertz CT molecular complexity index is 600. The van der Waals surface area contributed by atoms with E-state index in [-0.39, 0.29) is 24.3 Å². The molecular formula is C11H15N3O5S. The van der Waals surface area contributed by atoms with Crippen molar-refractivity contribution in [1.82, 2.24) is 15.0 Å². The Hall–Kier alpha value is -2.00. The molecule has 0 aromatic carbocycles. The van der Waals surface area contributed by atoms with Crippen molar-refractivity contribution in [3.05, 3.63) is 29.6 Å². The monoisotopic (exact) mass is 301 g/mol. The van der Waals surface area contributed by atoms with Gasteiger partial charge in [0.1, 0.15) is 5.69 Å². The minimum absolute atomic E-state index is 0.188. The van der Waals surface area contributed by atoms with Crippen molar-refractivity contribution in [1.29, 1.82) is 0 Å². The molecule has 1 amide bonds. The molecule has 0 saturated carbocycles. The van der Waals surface area contributed by atoms with Gasteiger partial charge in [0.2, 0.25) is 10.0 Å². The summed E-state index contributed by atoms with van der Waals surface area (Å²) in [5, 5.41) is 11.3. The van der Waals surface area contributed by atoms with E-state index >= 15 is 0 Å². The van der Waals surface area contributed by atoms with Crippen LogP contribution in [-0.4, -0.2) is 49.7 Å². The van der Waals surface area contributed by atoms with Crippen molar-refractivity contribution in [3.8, 4) is 0 Å². The van der Waals surface area contributed by atoms with Crippen LogP contribution in [0.15, 0.2) is 18.3 Å². The summed E-state index contributed by atoms with van der Waals surface area (Å²) in [5.41, 5.74) is -0.0233. The molecule has 8 nitrogen and oxygen atoms in total. The third kappa shape index (κ3) is 5.76. The number of carboxylic acids is 1. The second kappa shape index (κ2) is 6.96. The van der Waals surface area contributed by atoms with Crippen LogP contribution in [0.25, 0.3) is 0 Å². The van der Waals surface area contributed by atoms with Crippen LogP contribution >= 0.6 is 0 Å². The lowest BCUT2D eigenvalue weighted by atomic mass is 10.2. The van der Waals surface area contributed by atoms with Crippen molar-refractivity contribution in [2.24, 2.45) is 0 Å². The van der Waals surface area contributed by atoms with Gasteiger partial charge in [0.05, 0.1) is 6.26 Å². The lowest BCUT2D eigenvalue weighted by molar-refractivity contribution is 0.0690. The highest BCUT2D eigenvalue weighted by Crippen LogP contribution is 2.01. The van der Waals surface area contributed by atoms with Crippen LogP contribution < -0.4 is 10.0 Å². The molecule has 110 valence electrons. The van der Waals surface area contributed by atoms with Crippen molar-refractivity contribution < 1.29 is 23.1 Å². The number of rotatable bonds is 7. The summed E-state index contributed by atoms with van der Waals surface area (Å²) in [7, 11) is -3.23. The fourth-order valence-corrected chi connectivity index (χ4v) is 1.85. The summed E-state index contributed by atoms with van der Waals surface area (Å²) >= 11 is 0. The number of nitrogens with zero attached hydrogens (tertiary/aromatic N) is 1. The van der Waals surface area contributed by atoms with Gasteiger partial charge in [0.25, 0.3) is 5.91 Å². The first kappa shape index (κ1) is 16.1. The molecule has 0 fully saturated rings. The summed E-state index contributed by atoms with van der Waals surface area (Å²) in [6, 6.07) is 2.57. The molecule has 9 heteroatoms. The summed E-state index contributed by atoms with van der Waals surface area (Å²) in [6.07, 6.45) is 2.72. The standard InChI is InChI=1S/C11H15N3O5S/c1-20(18,19)14-5-2-4-13-10(15)8-3-6-12-9(7-8)11(16)17/h3,6-7,14H,2,4-5H2,1H3,(H,13,15)(H,16,17). The van der Waals surface area contributed by atoms with Gasteiger partial charge < -0.3 is 10.4 Å². The highest BCUT2D eigenvalue weighted by molar-refractivity contribution is 7.88. The van der Waals surface area contributed by atoms with Gasteiger partial charge >= 0.3 is 5.97 Å². The fourth-order valence-electron chi connectivity index (χ4n) is 1.34. The quantitative estimate of drug-likeness (QED) is 0.580. The van der Waals surface area contributed by atoms with Crippen LogP contribution in [0.2, 0.25) is 0 Å². The number of carbonyl (C=O) groups is 2. The van der Waals surface area contributed by atoms with Crippen LogP contribution in [-0.2, 0) is 10.0 Å². The molecule has 0 spiro atoms. The summed E-state index contributed by atoms with van der Waals surface area (Å²) in [6.45, 7) is 0.488. The first-order valence-electron chi connectivity index (χ1n) is 5.72. The zero-order chi connectivity index (χ0) is 15.2. The minimum Gasteiger partial charge on any atom is -0.477 e. The van der Waals surface area contributed by atoms with Gasteiger partial charge in [-0.15, -0.1) is 0 Å². The lowest BCUT2D eigenvalue weighted by Gasteiger charge is -2.06. The largest absolute Gasteiger partial charge is 0.477 e. The number of nitrogens with one attached hydrogen (secondary N) is 2. The van der Waals surface area contributed by atoms with Gasteiger partial charge in [-0.05, 0) is 18.6 Å². The SMILES string of the molecule is CS(=O)(=O)NCCCNC(=O)c1ccnc(C(=O)O)c1. The average molecular weight is 301 g/mol. The minimum atomic E-state index is -3.23. The molecule has 0 aliphatic heterocycles. The Balaban J connectivity index is 2.43. The van der Waals surface area contributed by atoms with Crippen LogP contribution in [0, 0.1) is 0 Å². The lowest BCUT2D eigenvalue weighted by Crippen LogP contribution is -2.29. The van der Waals surface area contributed by atoms with E-state index in [0.29, 0.717) is 6.42 Å². The molecule has 0 atom stereocenters. The van der Waals surface area contributed by atoms with Gasteiger partial charge in [0.15, 0.2) is 0 Å². The van der Waals surface area contributed by atoms with Crippen molar-refractivity contribution in [2.45, 2.75) is 6.42 Å². The molecule has 20 heavy (non-hydrogen) atoms. The molecule has 3 N–H and O–H groups in total. The number of pyridine rings is 1. The molecule has 1 aromatic heterocycles. The first-order valence-corrected chi connectivity index (χ1v) is 7.61. The first-order chi connectivity index (χ1) is 9.29. The molecule has 0 aliphatic rings. The number of carbonyl (C=O) groups excluding carboxylic acids is 1. The van der Waals surface area contributed by atoms with E-state index in [1.54, 1.807) is 0 Å². The van der Waals surface area contributed by atoms with Crippen LogP contribution in [0.5, 0.6) is 0 Å². The van der Waals surface area contributed by atoms with E-state index < -0.39 is 21.9 Å². The number of hydrogen-bond acceptors (Lipinski definition) is 5. The molecule has 0 saturated heterocycles. The topological polar surface area (TPSA) is 125 Å². The number of amides is 1. The summed E-state index contributed by atoms with van der Waals surface area (Å²) in [5.74, 6) is -1.65. The number of hydrogen-bond donors (Lipinski definition) is 3. The van der Waals surface area contributed by atoms with Gasteiger partial charge in [0, 0.05) is 24.8 Å². The predicted molar refractivity (Wildman–Crippen MR) is 71.0 cm³/mol. The van der Waals surface area contributed by atoms with E-state index in [0.717, 1.165) is 6.26 Å². The van der Waals surface area contributed by atoms with Crippen molar-refractivity contribution in [2.75, 3.05) is 19.3 Å². The van der Waals surface area contributed by atoms with E-state index in [1.807, 2.05) is 0 Å². The predicted octanol–water partition coefficient (Wildman–Crippen LogP) is -0.551. The van der Waals surface area contributed by atoms with E-state index in [9.17, 15) is 18.0 Å². The highest BCUT2D eigenvalue weighted by atomic mass is 32.2. The average Bonchev–Trinajstić information content (AvgIpc) is 2.37. The second-order valence-corrected chi connectivity index (χ2v) is 5.84. The zero-order valence-corrected chi connectivity index (χ0v) is 11.6. The van der Waals surface area contributed by atoms with E-state index in [4.69, 9.17) is 5.11 Å². The number of sulfonamides is 1. The van der Waals surface area contributed by atoms with Crippen LogP contribution in [0.4, 0.5) is 0 Å². The van der Waals surface area contributed by atoms with E-state index in [1.165, 1.54) is 18.3 Å². The van der Waals surface area contributed by atoms with Crippen molar-refractivity contribution in [3.63, 3.8) is 0 Å². The Morgan fingerprint density at radius 3 is 2.65 bits per heavy atom. The maximum atomic E-state index is 11.7. The van der Waals surface area contributed by atoms with Crippen LogP contribution in [0.1, 0.15) is 27.3 Å². The Morgan fingerprint density at radius 2 is 2.05 bits per heavy atom. The van der Waals surface area contributed by atoms with E-state index in [2.05, 4.69) is 15.0 Å². The molecule has 1 aromatic rings. The maximum Gasteiger partial charge on any atom is 0.354 e. The van der Waals surface area contributed by atoms with Crippen molar-refractivity contribution >= 4 is 21.9 Å². The van der Waals surface area contributed by atoms with Gasteiger partial charge in [-0.25, -0.2) is 22.9 Å². The normalized spacial score (nSPS) is 11.1. The molecule has 0 aliphatic carbocycles. The van der Waals surface area contributed by atoms with Gasteiger partial charge in [-0.3, -0.25) is 4.79 Å². The van der Waals surface area contributed by atoms with Crippen LogP contribution in [0.3, 0.4) is 0 Å². The Morgan fingerprint density at radius 1 is 1.35 bits per heavy atom. The molecule has 0 bridgehead atoms.